The van der Waals surface area contributed by atoms with E-state index in [0.717, 1.165) is 16.0 Å². The quantitative estimate of drug-likeness (QED) is 0.790. The summed E-state index contributed by atoms with van der Waals surface area (Å²) in [6.45, 7) is 3.68. The predicted octanol–water partition coefficient (Wildman–Crippen LogP) is 3.44. The Labute approximate surface area is 140 Å². The van der Waals surface area contributed by atoms with Gasteiger partial charge in [0.15, 0.2) is 0 Å². The smallest absolute Gasteiger partial charge is 0.325 e. The zero-order chi connectivity index (χ0) is 17.7. The van der Waals surface area contributed by atoms with Gasteiger partial charge in [0, 0.05) is 7.05 Å². The summed E-state index contributed by atoms with van der Waals surface area (Å²) < 4.78 is 19.1. The van der Waals surface area contributed by atoms with Crippen LogP contribution in [-0.2, 0) is 9.53 Å². The summed E-state index contributed by atoms with van der Waals surface area (Å²) in [6, 6.07) is 12.2. The van der Waals surface area contributed by atoms with Crippen molar-refractivity contribution in [3.63, 3.8) is 0 Å². The first-order valence-electron chi connectivity index (χ1n) is 7.70. The molecule has 2 aromatic carbocycles. The number of carbonyl (C=O) groups excluding carboxylic acids is 2. The van der Waals surface area contributed by atoms with Crippen LogP contribution < -0.4 is 0 Å². The molecule has 2 aromatic rings. The fraction of sp³-hybridized carbons (Fsp3) is 0.263. The molecule has 0 unspecified atom stereocenters. The zero-order valence-electron chi connectivity index (χ0n) is 14.0. The normalized spacial score (nSPS) is 10.3. The minimum Gasteiger partial charge on any atom is -0.465 e. The summed E-state index contributed by atoms with van der Waals surface area (Å²) in [5.41, 5.74) is 2.61. The summed E-state index contributed by atoms with van der Waals surface area (Å²) in [6.07, 6.45) is 0. The number of hydrogen-bond acceptors (Lipinski definition) is 3. The van der Waals surface area contributed by atoms with Crippen molar-refractivity contribution in [3.8, 4) is 11.1 Å². The Bertz CT molecular complexity index is 741. The molecule has 0 fully saturated rings. The van der Waals surface area contributed by atoms with Crippen molar-refractivity contribution >= 4 is 11.9 Å². The molecule has 1 amide bonds. The van der Waals surface area contributed by atoms with Gasteiger partial charge >= 0.3 is 5.97 Å². The first-order valence-corrected chi connectivity index (χ1v) is 7.70. The number of esters is 1. The highest BCUT2D eigenvalue weighted by Crippen LogP contribution is 2.23. The van der Waals surface area contributed by atoms with E-state index in [2.05, 4.69) is 0 Å². The topological polar surface area (TPSA) is 46.6 Å². The van der Waals surface area contributed by atoms with Crippen LogP contribution in [0.3, 0.4) is 0 Å². The fourth-order valence-electron chi connectivity index (χ4n) is 2.29. The largest absolute Gasteiger partial charge is 0.465 e. The lowest BCUT2D eigenvalue weighted by Crippen LogP contribution is -2.33. The van der Waals surface area contributed by atoms with E-state index in [-0.39, 0.29) is 18.7 Å². The summed E-state index contributed by atoms with van der Waals surface area (Å²) in [7, 11) is 1.44. The molecule has 0 bridgehead atoms. The highest BCUT2D eigenvalue weighted by Gasteiger charge is 2.19. The van der Waals surface area contributed by atoms with Gasteiger partial charge in [-0.25, -0.2) is 4.39 Å². The van der Waals surface area contributed by atoms with Crippen LogP contribution in [0.1, 0.15) is 22.8 Å². The average molecular weight is 329 g/mol. The van der Waals surface area contributed by atoms with Gasteiger partial charge < -0.3 is 9.64 Å². The van der Waals surface area contributed by atoms with E-state index in [1.165, 1.54) is 19.2 Å². The molecule has 2 rings (SSSR count). The van der Waals surface area contributed by atoms with Crippen LogP contribution in [0.15, 0.2) is 42.5 Å². The third kappa shape index (κ3) is 4.19. The van der Waals surface area contributed by atoms with E-state index in [1.807, 2.05) is 31.2 Å². The first-order chi connectivity index (χ1) is 11.4. The molecule has 0 spiro atoms. The summed E-state index contributed by atoms with van der Waals surface area (Å²) in [4.78, 5) is 24.8. The van der Waals surface area contributed by atoms with Gasteiger partial charge in [-0.05, 0) is 37.1 Å². The highest BCUT2D eigenvalue weighted by molar-refractivity contribution is 5.96. The van der Waals surface area contributed by atoms with Gasteiger partial charge in [-0.3, -0.25) is 9.59 Å². The maximum Gasteiger partial charge on any atom is 0.325 e. The zero-order valence-corrected chi connectivity index (χ0v) is 14.0. The van der Waals surface area contributed by atoms with Gasteiger partial charge in [0.1, 0.15) is 12.4 Å². The van der Waals surface area contributed by atoms with Crippen molar-refractivity contribution in [2.45, 2.75) is 13.8 Å². The number of hydrogen-bond donors (Lipinski definition) is 0. The molecule has 0 aliphatic heterocycles. The van der Waals surface area contributed by atoms with Crippen molar-refractivity contribution in [2.75, 3.05) is 20.2 Å². The second-order valence-corrected chi connectivity index (χ2v) is 5.53. The van der Waals surface area contributed by atoms with Crippen LogP contribution in [0.25, 0.3) is 11.1 Å². The molecule has 24 heavy (non-hydrogen) atoms. The van der Waals surface area contributed by atoms with Crippen molar-refractivity contribution in [1.82, 2.24) is 4.90 Å². The Balaban J connectivity index is 2.18. The molecule has 0 aromatic heterocycles. The van der Waals surface area contributed by atoms with E-state index >= 15 is 0 Å². The molecule has 0 aliphatic rings. The maximum atomic E-state index is 14.3. The second kappa shape index (κ2) is 7.73. The minimum absolute atomic E-state index is 0.0716. The second-order valence-electron chi connectivity index (χ2n) is 5.53. The number of halogens is 1. The maximum absolute atomic E-state index is 14.3. The number of aryl methyl sites for hydroxylation is 1. The number of nitrogens with zero attached hydrogens (tertiary/aromatic N) is 1. The van der Waals surface area contributed by atoms with Crippen LogP contribution in [-0.4, -0.2) is 37.0 Å². The van der Waals surface area contributed by atoms with Gasteiger partial charge in [0.25, 0.3) is 5.91 Å². The molecule has 0 N–H and O–H groups in total. The number of rotatable bonds is 5. The summed E-state index contributed by atoms with van der Waals surface area (Å²) >= 11 is 0. The third-order valence-corrected chi connectivity index (χ3v) is 3.60. The number of amides is 1. The lowest BCUT2D eigenvalue weighted by molar-refractivity contribution is -0.143. The Morgan fingerprint density at radius 1 is 1.08 bits per heavy atom. The average Bonchev–Trinajstić information content (AvgIpc) is 2.55. The standard InChI is InChI=1S/C19H20FNO3/c1-4-24-18(22)12-21(3)19(23)16-10-9-15(11-17(16)20)14-7-5-13(2)6-8-14/h5-11H,4,12H2,1-3H3. The molecule has 0 radical (unpaired) electrons. The Hall–Kier alpha value is -2.69. The van der Waals surface area contributed by atoms with Crippen LogP contribution >= 0.6 is 0 Å². The van der Waals surface area contributed by atoms with Crippen molar-refractivity contribution < 1.29 is 18.7 Å². The molecule has 0 aliphatic carbocycles. The van der Waals surface area contributed by atoms with Crippen LogP contribution in [0.5, 0.6) is 0 Å². The Morgan fingerprint density at radius 3 is 2.29 bits per heavy atom. The highest BCUT2D eigenvalue weighted by atomic mass is 19.1. The summed E-state index contributed by atoms with van der Waals surface area (Å²) in [5.74, 6) is -1.70. The molecule has 0 heterocycles. The van der Waals surface area contributed by atoms with Crippen LogP contribution in [0.2, 0.25) is 0 Å². The van der Waals surface area contributed by atoms with Gasteiger partial charge in [-0.1, -0.05) is 35.9 Å². The number of benzene rings is 2. The molecule has 0 saturated carbocycles. The van der Waals surface area contributed by atoms with Crippen molar-refractivity contribution in [1.29, 1.82) is 0 Å². The number of carbonyl (C=O) groups is 2. The lowest BCUT2D eigenvalue weighted by atomic mass is 10.0. The molecule has 0 saturated heterocycles. The summed E-state index contributed by atoms with van der Waals surface area (Å²) in [5, 5.41) is 0. The van der Waals surface area contributed by atoms with E-state index in [1.54, 1.807) is 13.0 Å². The molecule has 4 nitrogen and oxygen atoms in total. The molecule has 5 heteroatoms. The molecular formula is C19H20FNO3. The lowest BCUT2D eigenvalue weighted by Gasteiger charge is -2.16. The van der Waals surface area contributed by atoms with Gasteiger partial charge in [0.2, 0.25) is 0 Å². The van der Waals surface area contributed by atoms with Crippen LogP contribution in [0, 0.1) is 12.7 Å². The van der Waals surface area contributed by atoms with E-state index in [0.29, 0.717) is 5.56 Å². The molecular weight excluding hydrogens is 309 g/mol. The van der Waals surface area contributed by atoms with E-state index in [9.17, 15) is 14.0 Å². The van der Waals surface area contributed by atoms with Crippen molar-refractivity contribution in [3.05, 3.63) is 59.4 Å². The molecule has 0 atom stereocenters. The Kier molecular flexibility index (Phi) is 5.68. The monoisotopic (exact) mass is 329 g/mol. The van der Waals surface area contributed by atoms with Gasteiger partial charge in [-0.2, -0.15) is 0 Å². The van der Waals surface area contributed by atoms with Gasteiger partial charge in [-0.15, -0.1) is 0 Å². The van der Waals surface area contributed by atoms with Gasteiger partial charge in [0.05, 0.1) is 12.2 Å². The van der Waals surface area contributed by atoms with Crippen LogP contribution in [0.4, 0.5) is 4.39 Å². The fourth-order valence-corrected chi connectivity index (χ4v) is 2.29. The van der Waals surface area contributed by atoms with E-state index < -0.39 is 17.7 Å². The number of likely N-dealkylation sites (N-methyl/N-ethyl adjacent to an activating group) is 1. The third-order valence-electron chi connectivity index (χ3n) is 3.60. The first kappa shape index (κ1) is 17.7. The molecule has 126 valence electrons. The van der Waals surface area contributed by atoms with Crippen molar-refractivity contribution in [2.24, 2.45) is 0 Å². The predicted molar refractivity (Wildman–Crippen MR) is 90.2 cm³/mol. The SMILES string of the molecule is CCOC(=O)CN(C)C(=O)c1ccc(-c2ccc(C)cc2)cc1F. The number of ether oxygens (including phenoxy) is 1. The van der Waals surface area contributed by atoms with E-state index in [4.69, 9.17) is 4.74 Å². The minimum atomic E-state index is -0.617. The Morgan fingerprint density at radius 2 is 1.71 bits per heavy atom.